The van der Waals surface area contributed by atoms with Crippen LogP contribution in [-0.4, -0.2) is 23.1 Å². The van der Waals surface area contributed by atoms with Crippen LogP contribution in [-0.2, 0) is 12.8 Å². The summed E-state index contributed by atoms with van der Waals surface area (Å²) in [5.74, 6) is 2.70. The molecule has 0 amide bonds. The van der Waals surface area contributed by atoms with Crippen molar-refractivity contribution >= 4 is 5.82 Å². The first kappa shape index (κ1) is 14.4. The van der Waals surface area contributed by atoms with Crippen molar-refractivity contribution in [2.24, 2.45) is 0 Å². The van der Waals surface area contributed by atoms with Crippen molar-refractivity contribution in [3.05, 3.63) is 53.6 Å². The molecular weight excluding hydrogens is 314 g/mol. The molecule has 126 valence electrons. The zero-order valence-electron chi connectivity index (χ0n) is 14.1. The lowest BCUT2D eigenvalue weighted by Crippen LogP contribution is -2.06. The molecule has 2 aliphatic rings. The summed E-state index contributed by atoms with van der Waals surface area (Å²) in [6.45, 7) is 3.41. The summed E-state index contributed by atoms with van der Waals surface area (Å²) in [5, 5.41) is 8.47. The molecule has 1 N–H and O–H groups in total. The molecule has 0 radical (unpaired) electrons. The molecule has 0 saturated heterocycles. The van der Waals surface area contributed by atoms with E-state index in [4.69, 9.17) is 14.6 Å². The van der Waals surface area contributed by atoms with Gasteiger partial charge < -0.3 is 14.8 Å². The fraction of sp³-hybridized carbons (Fsp3) is 0.250. The first-order chi connectivity index (χ1) is 12.3. The molecule has 0 fully saturated rings. The lowest BCUT2D eigenvalue weighted by Gasteiger charge is -2.10. The first-order valence-corrected chi connectivity index (χ1v) is 8.69. The fourth-order valence-electron chi connectivity index (χ4n) is 3.64. The van der Waals surface area contributed by atoms with Gasteiger partial charge in [0.15, 0.2) is 11.5 Å². The van der Waals surface area contributed by atoms with Crippen molar-refractivity contribution in [1.82, 2.24) is 9.78 Å². The van der Waals surface area contributed by atoms with Crippen molar-refractivity contribution in [2.45, 2.75) is 19.8 Å². The summed E-state index contributed by atoms with van der Waals surface area (Å²) < 4.78 is 13.0. The van der Waals surface area contributed by atoms with Gasteiger partial charge in [-0.3, -0.25) is 0 Å². The minimum atomic E-state index is 0.288. The smallest absolute Gasteiger partial charge is 0.231 e. The van der Waals surface area contributed by atoms with E-state index in [2.05, 4.69) is 47.3 Å². The molecule has 0 spiro atoms. The SMILES string of the molecule is CCc1ccccc1-n1nc(-c2ccc3c(c2)OCO3)c2c1NCC2. The summed E-state index contributed by atoms with van der Waals surface area (Å²) in [6.07, 6.45) is 1.96. The predicted octanol–water partition coefficient (Wildman–Crippen LogP) is 3.80. The Kier molecular flexibility index (Phi) is 3.20. The monoisotopic (exact) mass is 333 g/mol. The van der Waals surface area contributed by atoms with E-state index in [1.165, 1.54) is 11.1 Å². The number of para-hydroxylation sites is 1. The number of nitrogens with one attached hydrogen (secondary N) is 1. The van der Waals surface area contributed by atoms with E-state index in [0.717, 1.165) is 53.6 Å². The normalized spacial score (nSPS) is 14.4. The van der Waals surface area contributed by atoms with Crippen LogP contribution in [0.4, 0.5) is 5.82 Å². The van der Waals surface area contributed by atoms with Crippen molar-refractivity contribution in [1.29, 1.82) is 0 Å². The van der Waals surface area contributed by atoms with E-state index in [0.29, 0.717) is 0 Å². The molecule has 3 aromatic rings. The number of rotatable bonds is 3. The van der Waals surface area contributed by atoms with Crippen LogP contribution in [0.1, 0.15) is 18.1 Å². The molecular formula is C20H19N3O2. The standard InChI is InChI=1S/C20H19N3O2/c1-2-13-5-3-4-6-16(13)23-20-15(9-10-21-20)19(22-23)14-7-8-17-18(11-14)25-12-24-17/h3-8,11,21H,2,9-10,12H2,1H3. The van der Waals surface area contributed by atoms with Gasteiger partial charge in [0.05, 0.1) is 11.4 Å². The molecule has 0 saturated carbocycles. The summed E-state index contributed by atoms with van der Waals surface area (Å²) in [4.78, 5) is 0. The van der Waals surface area contributed by atoms with Crippen molar-refractivity contribution in [3.63, 3.8) is 0 Å². The Hall–Kier alpha value is -2.95. The first-order valence-electron chi connectivity index (χ1n) is 8.69. The van der Waals surface area contributed by atoms with Gasteiger partial charge in [-0.25, -0.2) is 4.68 Å². The van der Waals surface area contributed by atoms with E-state index >= 15 is 0 Å². The third-order valence-electron chi connectivity index (χ3n) is 4.90. The molecule has 0 bridgehead atoms. The highest BCUT2D eigenvalue weighted by Gasteiger charge is 2.25. The van der Waals surface area contributed by atoms with Crippen molar-refractivity contribution in [3.8, 4) is 28.4 Å². The molecule has 1 aromatic heterocycles. The van der Waals surface area contributed by atoms with Crippen LogP contribution in [0.25, 0.3) is 16.9 Å². The quantitative estimate of drug-likeness (QED) is 0.792. The Labute approximate surface area is 146 Å². The molecule has 2 aromatic carbocycles. The Bertz CT molecular complexity index is 962. The highest BCUT2D eigenvalue weighted by atomic mass is 16.7. The Morgan fingerprint density at radius 2 is 2.00 bits per heavy atom. The van der Waals surface area contributed by atoms with Gasteiger partial charge in [-0.15, -0.1) is 0 Å². The Morgan fingerprint density at radius 1 is 1.12 bits per heavy atom. The maximum absolute atomic E-state index is 5.54. The summed E-state index contributed by atoms with van der Waals surface area (Å²) >= 11 is 0. The zero-order chi connectivity index (χ0) is 16.8. The lowest BCUT2D eigenvalue weighted by molar-refractivity contribution is 0.174. The Morgan fingerprint density at radius 3 is 2.92 bits per heavy atom. The number of fused-ring (bicyclic) bond motifs is 2. The fourth-order valence-corrected chi connectivity index (χ4v) is 3.64. The van der Waals surface area contributed by atoms with Gasteiger partial charge >= 0.3 is 0 Å². The van der Waals surface area contributed by atoms with Crippen LogP contribution < -0.4 is 14.8 Å². The molecule has 5 heteroatoms. The van der Waals surface area contributed by atoms with Gasteiger partial charge in [-0.1, -0.05) is 25.1 Å². The average molecular weight is 333 g/mol. The number of anilines is 1. The molecule has 2 aliphatic heterocycles. The second-order valence-electron chi connectivity index (χ2n) is 6.31. The van der Waals surface area contributed by atoms with E-state index in [9.17, 15) is 0 Å². The van der Waals surface area contributed by atoms with E-state index in [1.807, 2.05) is 12.1 Å². The van der Waals surface area contributed by atoms with Crippen LogP contribution in [0, 0.1) is 0 Å². The van der Waals surface area contributed by atoms with Gasteiger partial charge in [0.25, 0.3) is 0 Å². The van der Waals surface area contributed by atoms with Crippen LogP contribution in [0.5, 0.6) is 11.5 Å². The molecule has 25 heavy (non-hydrogen) atoms. The van der Waals surface area contributed by atoms with Gasteiger partial charge in [0, 0.05) is 17.7 Å². The topological polar surface area (TPSA) is 48.3 Å². The maximum atomic E-state index is 5.54. The second kappa shape index (κ2) is 5.55. The highest BCUT2D eigenvalue weighted by molar-refractivity contribution is 5.74. The van der Waals surface area contributed by atoms with Gasteiger partial charge in [-0.2, -0.15) is 5.10 Å². The second-order valence-corrected chi connectivity index (χ2v) is 6.31. The number of nitrogens with zero attached hydrogens (tertiary/aromatic N) is 2. The van der Waals surface area contributed by atoms with Gasteiger partial charge in [0.1, 0.15) is 5.82 Å². The molecule has 5 nitrogen and oxygen atoms in total. The number of hydrogen-bond donors (Lipinski definition) is 1. The minimum absolute atomic E-state index is 0.288. The molecule has 5 rings (SSSR count). The van der Waals surface area contributed by atoms with Crippen LogP contribution in [0.2, 0.25) is 0 Å². The van der Waals surface area contributed by atoms with Gasteiger partial charge in [-0.05, 0) is 42.7 Å². The van der Waals surface area contributed by atoms with Crippen molar-refractivity contribution < 1.29 is 9.47 Å². The zero-order valence-corrected chi connectivity index (χ0v) is 14.1. The highest BCUT2D eigenvalue weighted by Crippen LogP contribution is 2.40. The number of aromatic nitrogens is 2. The number of ether oxygens (including phenoxy) is 2. The van der Waals surface area contributed by atoms with E-state index in [-0.39, 0.29) is 6.79 Å². The third kappa shape index (κ3) is 2.19. The molecule has 3 heterocycles. The Balaban J connectivity index is 1.68. The number of hydrogen-bond acceptors (Lipinski definition) is 4. The summed E-state index contributed by atoms with van der Waals surface area (Å²) in [6, 6.07) is 14.5. The van der Waals surface area contributed by atoms with E-state index < -0.39 is 0 Å². The molecule has 0 atom stereocenters. The maximum Gasteiger partial charge on any atom is 0.231 e. The predicted molar refractivity (Wildman–Crippen MR) is 96.7 cm³/mol. The van der Waals surface area contributed by atoms with Crippen molar-refractivity contribution in [2.75, 3.05) is 18.7 Å². The molecule has 0 unspecified atom stereocenters. The van der Waals surface area contributed by atoms with Crippen LogP contribution >= 0.6 is 0 Å². The summed E-state index contributed by atoms with van der Waals surface area (Å²) in [5.41, 5.74) is 5.78. The summed E-state index contributed by atoms with van der Waals surface area (Å²) in [7, 11) is 0. The van der Waals surface area contributed by atoms with Crippen LogP contribution in [0.15, 0.2) is 42.5 Å². The average Bonchev–Trinajstić information content (AvgIpc) is 3.37. The minimum Gasteiger partial charge on any atom is -0.454 e. The molecule has 0 aliphatic carbocycles. The number of benzene rings is 2. The number of aryl methyl sites for hydroxylation is 1. The largest absolute Gasteiger partial charge is 0.454 e. The van der Waals surface area contributed by atoms with Crippen LogP contribution in [0.3, 0.4) is 0 Å². The van der Waals surface area contributed by atoms with Gasteiger partial charge in [0.2, 0.25) is 6.79 Å². The lowest BCUT2D eigenvalue weighted by atomic mass is 10.1. The third-order valence-corrected chi connectivity index (χ3v) is 4.90. The van der Waals surface area contributed by atoms with E-state index in [1.54, 1.807) is 0 Å².